The molecule has 1 heterocycles. The zero-order valence-electron chi connectivity index (χ0n) is 8.94. The van der Waals surface area contributed by atoms with Crippen molar-refractivity contribution in [1.29, 1.82) is 0 Å². The van der Waals surface area contributed by atoms with Crippen LogP contribution in [0.4, 0.5) is 0 Å². The average molecular weight is 201 g/mol. The Bertz CT molecular complexity index is 413. The largest absolute Gasteiger partial charge is 0.339 e. The van der Waals surface area contributed by atoms with Crippen LogP contribution in [-0.4, -0.2) is 23.4 Å². The van der Waals surface area contributed by atoms with Gasteiger partial charge in [0.15, 0.2) is 0 Å². The van der Waals surface area contributed by atoms with Crippen LogP contribution in [0.25, 0.3) is 0 Å². The van der Waals surface area contributed by atoms with Crippen LogP contribution in [0.15, 0.2) is 24.3 Å². The first-order chi connectivity index (χ1) is 7.27. The highest BCUT2D eigenvalue weighted by molar-refractivity contribution is 5.74. The highest BCUT2D eigenvalue weighted by Crippen LogP contribution is 2.42. The number of likely N-dealkylation sites (tertiary alicyclic amines) is 1. The minimum absolute atomic E-state index is 0.232. The molecule has 2 unspecified atom stereocenters. The molecule has 2 aliphatic rings. The molecule has 1 aromatic rings. The van der Waals surface area contributed by atoms with Gasteiger partial charge in [-0.2, -0.15) is 0 Å². The second kappa shape index (κ2) is 3.09. The lowest BCUT2D eigenvalue weighted by Gasteiger charge is -2.22. The molecule has 1 amide bonds. The molecule has 1 aliphatic carbocycles. The van der Waals surface area contributed by atoms with Gasteiger partial charge in [0, 0.05) is 25.4 Å². The van der Waals surface area contributed by atoms with Crippen molar-refractivity contribution in [2.24, 2.45) is 0 Å². The predicted molar refractivity (Wildman–Crippen MR) is 58.7 cm³/mol. The number of amides is 1. The lowest BCUT2D eigenvalue weighted by molar-refractivity contribution is -0.129. The second-order valence-corrected chi connectivity index (χ2v) is 4.58. The molecule has 1 aliphatic heterocycles. The maximum absolute atomic E-state index is 11.5. The fourth-order valence-electron chi connectivity index (χ4n) is 3.17. The first-order valence-corrected chi connectivity index (χ1v) is 5.62. The maximum atomic E-state index is 11.5. The molecule has 0 bridgehead atoms. The van der Waals surface area contributed by atoms with E-state index < -0.39 is 0 Å². The van der Waals surface area contributed by atoms with Crippen LogP contribution in [0.1, 0.15) is 30.4 Å². The zero-order valence-corrected chi connectivity index (χ0v) is 8.94. The lowest BCUT2D eigenvalue weighted by atomic mass is 9.98. The molecular weight excluding hydrogens is 186 g/mol. The third-order valence-electron chi connectivity index (χ3n) is 3.83. The van der Waals surface area contributed by atoms with Gasteiger partial charge in [-0.15, -0.1) is 0 Å². The molecular formula is C13H15NO. The highest BCUT2D eigenvalue weighted by Gasteiger charge is 2.41. The molecule has 3 rings (SSSR count). The van der Waals surface area contributed by atoms with Gasteiger partial charge in [0.2, 0.25) is 5.91 Å². The number of hydrogen-bond donors (Lipinski definition) is 0. The summed E-state index contributed by atoms with van der Waals surface area (Å²) in [7, 11) is 0. The van der Waals surface area contributed by atoms with Gasteiger partial charge in [-0.25, -0.2) is 0 Å². The Morgan fingerprint density at radius 2 is 2.20 bits per heavy atom. The van der Waals surface area contributed by atoms with Gasteiger partial charge in [0.1, 0.15) is 0 Å². The van der Waals surface area contributed by atoms with Crippen molar-refractivity contribution in [3.63, 3.8) is 0 Å². The summed E-state index contributed by atoms with van der Waals surface area (Å²) in [4.78, 5) is 13.5. The van der Waals surface area contributed by atoms with Crippen molar-refractivity contribution in [1.82, 2.24) is 4.90 Å². The molecule has 78 valence electrons. The molecule has 15 heavy (non-hydrogen) atoms. The average Bonchev–Trinajstić information content (AvgIpc) is 2.74. The first-order valence-electron chi connectivity index (χ1n) is 5.62. The third-order valence-corrected chi connectivity index (χ3v) is 3.83. The van der Waals surface area contributed by atoms with Gasteiger partial charge in [0.25, 0.3) is 0 Å². The van der Waals surface area contributed by atoms with Crippen LogP contribution in [0.2, 0.25) is 0 Å². The van der Waals surface area contributed by atoms with Crippen molar-refractivity contribution in [3.05, 3.63) is 35.4 Å². The number of benzene rings is 1. The van der Waals surface area contributed by atoms with E-state index in [1.54, 1.807) is 6.92 Å². The second-order valence-electron chi connectivity index (χ2n) is 4.58. The molecule has 2 nitrogen and oxygen atoms in total. The van der Waals surface area contributed by atoms with Crippen molar-refractivity contribution in [2.75, 3.05) is 6.54 Å². The van der Waals surface area contributed by atoms with E-state index in [9.17, 15) is 4.79 Å². The van der Waals surface area contributed by atoms with E-state index in [-0.39, 0.29) is 5.91 Å². The van der Waals surface area contributed by atoms with Crippen LogP contribution >= 0.6 is 0 Å². The molecule has 0 saturated carbocycles. The smallest absolute Gasteiger partial charge is 0.219 e. The summed E-state index contributed by atoms with van der Waals surface area (Å²) in [6.45, 7) is 2.63. The van der Waals surface area contributed by atoms with Crippen LogP contribution in [0, 0.1) is 0 Å². The van der Waals surface area contributed by atoms with Crippen LogP contribution in [0.5, 0.6) is 0 Å². The van der Waals surface area contributed by atoms with Gasteiger partial charge >= 0.3 is 0 Å². The van der Waals surface area contributed by atoms with E-state index in [0.29, 0.717) is 12.0 Å². The summed E-state index contributed by atoms with van der Waals surface area (Å²) in [5, 5.41) is 0. The summed E-state index contributed by atoms with van der Waals surface area (Å²) in [5.74, 6) is 0.834. The topological polar surface area (TPSA) is 20.3 Å². The fourth-order valence-corrected chi connectivity index (χ4v) is 3.17. The van der Waals surface area contributed by atoms with Crippen molar-refractivity contribution < 1.29 is 4.79 Å². The van der Waals surface area contributed by atoms with E-state index in [4.69, 9.17) is 0 Å². The van der Waals surface area contributed by atoms with E-state index in [1.165, 1.54) is 11.1 Å². The number of rotatable bonds is 0. The van der Waals surface area contributed by atoms with Crippen LogP contribution < -0.4 is 0 Å². The van der Waals surface area contributed by atoms with Crippen molar-refractivity contribution in [2.45, 2.75) is 31.7 Å². The molecule has 1 aromatic carbocycles. The standard InChI is InChI=1S/C13H15NO/c1-9(15)14-7-6-12-11-5-3-2-4-10(11)8-13(12)14/h2-5,12-13H,6-8H2,1H3. The third kappa shape index (κ3) is 1.21. The van der Waals surface area contributed by atoms with Gasteiger partial charge in [-0.1, -0.05) is 24.3 Å². The van der Waals surface area contributed by atoms with E-state index in [2.05, 4.69) is 24.3 Å². The van der Waals surface area contributed by atoms with E-state index >= 15 is 0 Å². The molecule has 0 radical (unpaired) electrons. The van der Waals surface area contributed by atoms with Gasteiger partial charge in [0.05, 0.1) is 0 Å². The lowest BCUT2D eigenvalue weighted by Crippen LogP contribution is -2.34. The van der Waals surface area contributed by atoms with Gasteiger partial charge in [-0.05, 0) is 24.0 Å². The summed E-state index contributed by atoms with van der Waals surface area (Å²) in [6, 6.07) is 9.07. The number of nitrogens with zero attached hydrogens (tertiary/aromatic N) is 1. The molecule has 0 spiro atoms. The number of carbonyl (C=O) groups excluding carboxylic acids is 1. The number of hydrogen-bond acceptors (Lipinski definition) is 1. The molecule has 1 fully saturated rings. The number of fused-ring (bicyclic) bond motifs is 3. The first kappa shape index (κ1) is 8.96. The van der Waals surface area contributed by atoms with Crippen LogP contribution in [-0.2, 0) is 11.2 Å². The normalized spacial score (nSPS) is 27.7. The van der Waals surface area contributed by atoms with Gasteiger partial charge < -0.3 is 4.90 Å². The van der Waals surface area contributed by atoms with Gasteiger partial charge in [-0.3, -0.25) is 4.79 Å². The maximum Gasteiger partial charge on any atom is 0.219 e. The minimum atomic E-state index is 0.232. The molecule has 2 heteroatoms. The molecule has 0 aromatic heterocycles. The Morgan fingerprint density at radius 3 is 3.00 bits per heavy atom. The molecule has 1 saturated heterocycles. The monoisotopic (exact) mass is 201 g/mol. The minimum Gasteiger partial charge on any atom is -0.339 e. The Kier molecular flexibility index (Phi) is 1.84. The van der Waals surface area contributed by atoms with Crippen molar-refractivity contribution in [3.8, 4) is 0 Å². The SMILES string of the molecule is CC(=O)N1CCC2c3ccccc3CC21. The Morgan fingerprint density at radius 1 is 1.40 bits per heavy atom. The zero-order chi connectivity index (χ0) is 10.4. The van der Waals surface area contributed by atoms with E-state index in [0.717, 1.165) is 19.4 Å². The fraction of sp³-hybridized carbons (Fsp3) is 0.462. The summed E-state index contributed by atoms with van der Waals surface area (Å²) in [6.07, 6.45) is 2.20. The summed E-state index contributed by atoms with van der Waals surface area (Å²) >= 11 is 0. The molecule has 2 atom stereocenters. The Labute approximate surface area is 89.9 Å². The Hall–Kier alpha value is -1.31. The highest BCUT2D eigenvalue weighted by atomic mass is 16.2. The molecule has 0 N–H and O–H groups in total. The predicted octanol–water partition coefficient (Wildman–Crippen LogP) is 1.95. The number of carbonyl (C=O) groups is 1. The van der Waals surface area contributed by atoms with Crippen molar-refractivity contribution >= 4 is 5.91 Å². The Balaban J connectivity index is 1.97. The summed E-state index contributed by atoms with van der Waals surface area (Å²) < 4.78 is 0. The quantitative estimate of drug-likeness (QED) is 0.628. The van der Waals surface area contributed by atoms with Crippen LogP contribution in [0.3, 0.4) is 0 Å². The van der Waals surface area contributed by atoms with E-state index in [1.807, 2.05) is 4.90 Å². The summed E-state index contributed by atoms with van der Waals surface area (Å²) in [5.41, 5.74) is 2.92.